The summed E-state index contributed by atoms with van der Waals surface area (Å²) in [4.78, 5) is 0. The minimum absolute atomic E-state index is 0.364. The molecular weight excluding hydrogens is 232 g/mol. The first kappa shape index (κ1) is 18.4. The van der Waals surface area contributed by atoms with Crippen LogP contribution in [0.5, 0.6) is 0 Å². The van der Waals surface area contributed by atoms with Gasteiger partial charge in [-0.05, 0) is 19.3 Å². The van der Waals surface area contributed by atoms with Gasteiger partial charge >= 0.3 is 0 Å². The molecule has 0 amide bonds. The second-order valence-corrected chi connectivity index (χ2v) is 5.42. The van der Waals surface area contributed by atoms with E-state index in [1.807, 2.05) is 12.2 Å². The standard InChI is InChI=1S/C18H34O/c1-2-3-4-5-6-7-8-9-10-11-12-13-14-15-16-17-18-19/h2-4,19H,1,5-18H2/b4-3-. The van der Waals surface area contributed by atoms with Crippen LogP contribution < -0.4 is 0 Å². The predicted molar refractivity (Wildman–Crippen MR) is 86.4 cm³/mol. The maximum Gasteiger partial charge on any atom is 0.0431 e. The summed E-state index contributed by atoms with van der Waals surface area (Å²) in [5.74, 6) is 0. The van der Waals surface area contributed by atoms with Crippen molar-refractivity contribution < 1.29 is 5.11 Å². The van der Waals surface area contributed by atoms with Gasteiger partial charge in [0.15, 0.2) is 0 Å². The van der Waals surface area contributed by atoms with Crippen molar-refractivity contribution in [3.05, 3.63) is 24.8 Å². The number of hydrogen-bond donors (Lipinski definition) is 1. The monoisotopic (exact) mass is 266 g/mol. The maximum atomic E-state index is 8.66. The van der Waals surface area contributed by atoms with Gasteiger partial charge in [-0.1, -0.05) is 89.0 Å². The Morgan fingerprint density at radius 2 is 1.05 bits per heavy atom. The van der Waals surface area contributed by atoms with Gasteiger partial charge in [0.05, 0.1) is 0 Å². The van der Waals surface area contributed by atoms with Gasteiger partial charge in [-0.25, -0.2) is 0 Å². The van der Waals surface area contributed by atoms with Gasteiger partial charge in [0.25, 0.3) is 0 Å². The summed E-state index contributed by atoms with van der Waals surface area (Å²) in [7, 11) is 0. The van der Waals surface area contributed by atoms with Crippen LogP contribution in [-0.2, 0) is 0 Å². The SMILES string of the molecule is C=C/C=C\CCCCCCCCCCCCCCO. The molecule has 1 nitrogen and oxygen atoms in total. The maximum absolute atomic E-state index is 8.66. The normalized spacial score (nSPS) is 11.2. The van der Waals surface area contributed by atoms with Crippen molar-refractivity contribution in [1.29, 1.82) is 0 Å². The van der Waals surface area contributed by atoms with E-state index in [1.54, 1.807) is 0 Å². The van der Waals surface area contributed by atoms with E-state index in [1.165, 1.54) is 77.0 Å². The lowest BCUT2D eigenvalue weighted by molar-refractivity contribution is 0.282. The van der Waals surface area contributed by atoms with E-state index < -0.39 is 0 Å². The van der Waals surface area contributed by atoms with Crippen LogP contribution in [0.25, 0.3) is 0 Å². The van der Waals surface area contributed by atoms with Crippen LogP contribution in [0, 0.1) is 0 Å². The Balaban J connectivity index is 2.95. The number of allylic oxidation sites excluding steroid dienone is 3. The zero-order chi connectivity index (χ0) is 14.0. The Morgan fingerprint density at radius 3 is 1.47 bits per heavy atom. The fourth-order valence-electron chi connectivity index (χ4n) is 2.33. The first-order chi connectivity index (χ1) is 9.41. The van der Waals surface area contributed by atoms with E-state index in [2.05, 4.69) is 12.7 Å². The first-order valence-corrected chi connectivity index (χ1v) is 8.30. The fourth-order valence-corrected chi connectivity index (χ4v) is 2.33. The van der Waals surface area contributed by atoms with Gasteiger partial charge < -0.3 is 5.11 Å². The van der Waals surface area contributed by atoms with Gasteiger partial charge in [-0.3, -0.25) is 0 Å². The Morgan fingerprint density at radius 1 is 0.632 bits per heavy atom. The average molecular weight is 266 g/mol. The lowest BCUT2D eigenvalue weighted by Crippen LogP contribution is -1.84. The second-order valence-electron chi connectivity index (χ2n) is 5.42. The van der Waals surface area contributed by atoms with Crippen molar-refractivity contribution in [3.63, 3.8) is 0 Å². The van der Waals surface area contributed by atoms with Gasteiger partial charge in [0.1, 0.15) is 0 Å². The number of aliphatic hydroxyl groups is 1. The molecule has 0 unspecified atom stereocenters. The number of aliphatic hydroxyl groups excluding tert-OH is 1. The topological polar surface area (TPSA) is 20.2 Å². The molecule has 0 heterocycles. The van der Waals surface area contributed by atoms with E-state index in [-0.39, 0.29) is 0 Å². The Hall–Kier alpha value is -0.560. The summed E-state index contributed by atoms with van der Waals surface area (Å²) < 4.78 is 0. The molecule has 1 N–H and O–H groups in total. The lowest BCUT2D eigenvalue weighted by Gasteiger charge is -2.02. The van der Waals surface area contributed by atoms with Crippen LogP contribution in [0.15, 0.2) is 24.8 Å². The number of unbranched alkanes of at least 4 members (excludes halogenated alkanes) is 12. The molecule has 0 aliphatic heterocycles. The predicted octanol–water partition coefficient (Wildman–Crippen LogP) is 5.79. The molecule has 112 valence electrons. The van der Waals surface area contributed by atoms with Gasteiger partial charge in [0, 0.05) is 6.61 Å². The van der Waals surface area contributed by atoms with E-state index in [0.29, 0.717) is 6.61 Å². The minimum Gasteiger partial charge on any atom is -0.396 e. The van der Waals surface area contributed by atoms with E-state index in [4.69, 9.17) is 5.11 Å². The van der Waals surface area contributed by atoms with Crippen LogP contribution in [0.4, 0.5) is 0 Å². The van der Waals surface area contributed by atoms with E-state index >= 15 is 0 Å². The minimum atomic E-state index is 0.364. The Kier molecular flexibility index (Phi) is 16.9. The average Bonchev–Trinajstić information content (AvgIpc) is 2.43. The third kappa shape index (κ3) is 17.4. The van der Waals surface area contributed by atoms with Crippen molar-refractivity contribution in [2.75, 3.05) is 6.61 Å². The quantitative estimate of drug-likeness (QED) is 0.294. The van der Waals surface area contributed by atoms with Crippen LogP contribution in [0.1, 0.15) is 83.5 Å². The molecule has 19 heavy (non-hydrogen) atoms. The van der Waals surface area contributed by atoms with Gasteiger partial charge in [0.2, 0.25) is 0 Å². The summed E-state index contributed by atoms with van der Waals surface area (Å²) in [5, 5.41) is 8.66. The number of rotatable bonds is 15. The molecule has 0 rings (SSSR count). The lowest BCUT2D eigenvalue weighted by atomic mass is 10.0. The summed E-state index contributed by atoms with van der Waals surface area (Å²) in [6.45, 7) is 4.03. The molecule has 0 radical (unpaired) electrons. The molecule has 0 aliphatic rings. The highest BCUT2D eigenvalue weighted by atomic mass is 16.2. The highest BCUT2D eigenvalue weighted by molar-refractivity contribution is 4.96. The highest BCUT2D eigenvalue weighted by Gasteiger charge is 1.93. The molecule has 0 atom stereocenters. The zero-order valence-corrected chi connectivity index (χ0v) is 12.8. The fraction of sp³-hybridized carbons (Fsp3) is 0.778. The molecule has 0 aromatic carbocycles. The number of hydrogen-bond acceptors (Lipinski definition) is 1. The smallest absolute Gasteiger partial charge is 0.0431 e. The van der Waals surface area contributed by atoms with Crippen LogP contribution in [0.3, 0.4) is 0 Å². The first-order valence-electron chi connectivity index (χ1n) is 8.30. The molecule has 0 aromatic heterocycles. The van der Waals surface area contributed by atoms with Crippen LogP contribution in [-0.4, -0.2) is 11.7 Å². The van der Waals surface area contributed by atoms with Crippen molar-refractivity contribution >= 4 is 0 Å². The van der Waals surface area contributed by atoms with Gasteiger partial charge in [-0.15, -0.1) is 0 Å². The Bertz CT molecular complexity index is 196. The molecule has 0 bridgehead atoms. The molecule has 0 spiro atoms. The van der Waals surface area contributed by atoms with Crippen molar-refractivity contribution in [2.24, 2.45) is 0 Å². The van der Waals surface area contributed by atoms with Crippen molar-refractivity contribution in [2.45, 2.75) is 83.5 Å². The van der Waals surface area contributed by atoms with Crippen LogP contribution in [0.2, 0.25) is 0 Å². The largest absolute Gasteiger partial charge is 0.396 e. The summed E-state index contributed by atoms with van der Waals surface area (Å²) >= 11 is 0. The third-order valence-electron chi connectivity index (χ3n) is 3.55. The summed E-state index contributed by atoms with van der Waals surface area (Å²) in [6.07, 6.45) is 23.3. The van der Waals surface area contributed by atoms with Crippen molar-refractivity contribution in [1.82, 2.24) is 0 Å². The third-order valence-corrected chi connectivity index (χ3v) is 3.55. The molecule has 1 heteroatoms. The van der Waals surface area contributed by atoms with E-state index in [0.717, 1.165) is 6.42 Å². The van der Waals surface area contributed by atoms with Crippen LogP contribution >= 0.6 is 0 Å². The summed E-state index contributed by atoms with van der Waals surface area (Å²) in [5.41, 5.74) is 0. The molecule has 0 aromatic rings. The molecular formula is C18H34O. The molecule has 0 aliphatic carbocycles. The second kappa shape index (κ2) is 17.4. The molecule has 0 fully saturated rings. The van der Waals surface area contributed by atoms with E-state index in [9.17, 15) is 0 Å². The van der Waals surface area contributed by atoms with Crippen molar-refractivity contribution in [3.8, 4) is 0 Å². The van der Waals surface area contributed by atoms with Gasteiger partial charge in [-0.2, -0.15) is 0 Å². The zero-order valence-electron chi connectivity index (χ0n) is 12.8. The highest BCUT2D eigenvalue weighted by Crippen LogP contribution is 2.12. The summed E-state index contributed by atoms with van der Waals surface area (Å²) in [6, 6.07) is 0. The molecule has 0 saturated heterocycles. The Labute approximate surface area is 120 Å². The molecule has 0 saturated carbocycles.